The Morgan fingerprint density at radius 3 is 2.88 bits per heavy atom. The summed E-state index contributed by atoms with van der Waals surface area (Å²) in [5.41, 5.74) is 1.91. The van der Waals surface area contributed by atoms with Crippen LogP contribution in [0, 0.1) is 0 Å². The molecule has 1 aliphatic rings. The molecule has 7 heteroatoms. The number of hydrogen-bond donors (Lipinski definition) is 0. The van der Waals surface area contributed by atoms with Crippen molar-refractivity contribution in [3.05, 3.63) is 65.2 Å². The fourth-order valence-electron chi connectivity index (χ4n) is 2.31. The van der Waals surface area contributed by atoms with E-state index in [0.29, 0.717) is 38.8 Å². The molecule has 0 unspecified atom stereocenters. The molecule has 1 aromatic heterocycles. The summed E-state index contributed by atoms with van der Waals surface area (Å²) in [4.78, 5) is 19.0. The van der Waals surface area contributed by atoms with Crippen molar-refractivity contribution >= 4 is 46.2 Å². The number of carbonyl (C=O) groups is 1. The van der Waals surface area contributed by atoms with E-state index in [2.05, 4.69) is 11.6 Å². The average molecular weight is 389 g/mol. The first-order valence-corrected chi connectivity index (χ1v) is 9.15. The number of hydrogen-bond acceptors (Lipinski definition) is 5. The van der Waals surface area contributed by atoms with E-state index < -0.39 is 0 Å². The van der Waals surface area contributed by atoms with Crippen LogP contribution in [-0.4, -0.2) is 23.9 Å². The largest absolute Gasteiger partial charge is 0.495 e. The van der Waals surface area contributed by atoms with Crippen LogP contribution in [0.5, 0.6) is 5.75 Å². The molecule has 134 valence electrons. The molecule has 5 nitrogen and oxygen atoms in total. The van der Waals surface area contributed by atoms with E-state index in [1.165, 1.54) is 16.7 Å². The van der Waals surface area contributed by atoms with Gasteiger partial charge in [-0.25, -0.2) is 4.99 Å². The van der Waals surface area contributed by atoms with Crippen molar-refractivity contribution < 1.29 is 13.9 Å². The van der Waals surface area contributed by atoms with Crippen LogP contribution in [0.25, 0.3) is 6.08 Å². The lowest BCUT2D eigenvalue weighted by Gasteiger charge is -2.18. The lowest BCUT2D eigenvalue weighted by molar-refractivity contribution is -0.113. The van der Waals surface area contributed by atoms with Gasteiger partial charge in [-0.05, 0) is 37.3 Å². The Bertz CT molecular complexity index is 904. The van der Waals surface area contributed by atoms with Crippen molar-refractivity contribution in [2.45, 2.75) is 6.92 Å². The SMILES string of the molecule is C=C(C)CSC1=N/C(=C/c2ccco2)C(=O)N1c1ccc(OC)c(Cl)c1. The Morgan fingerprint density at radius 2 is 2.27 bits per heavy atom. The van der Waals surface area contributed by atoms with Gasteiger partial charge in [0.1, 0.15) is 17.2 Å². The van der Waals surface area contributed by atoms with Gasteiger partial charge in [-0.2, -0.15) is 0 Å². The summed E-state index contributed by atoms with van der Waals surface area (Å²) in [6.07, 6.45) is 3.17. The monoisotopic (exact) mass is 388 g/mol. The Hall–Kier alpha value is -2.44. The van der Waals surface area contributed by atoms with E-state index in [-0.39, 0.29) is 5.91 Å². The first-order chi connectivity index (χ1) is 12.5. The van der Waals surface area contributed by atoms with E-state index >= 15 is 0 Å². The summed E-state index contributed by atoms with van der Waals surface area (Å²) >= 11 is 7.67. The van der Waals surface area contributed by atoms with Gasteiger partial charge in [-0.3, -0.25) is 9.69 Å². The molecule has 2 aromatic rings. The topological polar surface area (TPSA) is 55.0 Å². The summed E-state index contributed by atoms with van der Waals surface area (Å²) < 4.78 is 10.5. The van der Waals surface area contributed by atoms with Crippen LogP contribution < -0.4 is 9.64 Å². The molecule has 0 radical (unpaired) electrons. The third-order valence-electron chi connectivity index (χ3n) is 3.49. The number of thioether (sulfide) groups is 1. The third kappa shape index (κ3) is 3.86. The van der Waals surface area contributed by atoms with Crippen molar-refractivity contribution in [2.75, 3.05) is 17.8 Å². The highest BCUT2D eigenvalue weighted by Gasteiger charge is 2.32. The fourth-order valence-corrected chi connectivity index (χ4v) is 3.42. The molecule has 1 amide bonds. The molecular weight excluding hydrogens is 372 g/mol. The standard InChI is InChI=1S/C19H17ClN2O3S/c1-12(2)11-26-19-21-16(10-14-5-4-8-25-14)18(23)22(19)13-6-7-17(24-3)15(20)9-13/h4-10H,1,11H2,2-3H3/b16-10+. The highest BCUT2D eigenvalue weighted by Crippen LogP contribution is 2.34. The normalized spacial score (nSPS) is 15.5. The molecule has 0 saturated carbocycles. The first kappa shape index (κ1) is 18.4. The predicted molar refractivity (Wildman–Crippen MR) is 107 cm³/mol. The van der Waals surface area contributed by atoms with Gasteiger partial charge in [-0.15, -0.1) is 0 Å². The number of anilines is 1. The highest BCUT2D eigenvalue weighted by atomic mass is 35.5. The Labute approximate surface area is 161 Å². The number of rotatable bonds is 5. The molecule has 0 spiro atoms. The number of amidine groups is 1. The number of amides is 1. The summed E-state index contributed by atoms with van der Waals surface area (Å²) in [6.45, 7) is 5.83. The molecule has 0 fully saturated rings. The van der Waals surface area contributed by atoms with Gasteiger partial charge < -0.3 is 9.15 Å². The number of carbonyl (C=O) groups excluding carboxylic acids is 1. The number of ether oxygens (including phenoxy) is 1. The molecule has 0 atom stereocenters. The Morgan fingerprint density at radius 1 is 1.46 bits per heavy atom. The molecule has 3 rings (SSSR count). The van der Waals surface area contributed by atoms with Crippen molar-refractivity contribution in [1.29, 1.82) is 0 Å². The second-order valence-electron chi connectivity index (χ2n) is 5.64. The van der Waals surface area contributed by atoms with E-state index in [1.54, 1.807) is 49.8 Å². The molecule has 0 bridgehead atoms. The van der Waals surface area contributed by atoms with Crippen molar-refractivity contribution in [3.63, 3.8) is 0 Å². The molecule has 1 aromatic carbocycles. The quantitative estimate of drug-likeness (QED) is 0.534. The summed E-state index contributed by atoms with van der Waals surface area (Å²) in [7, 11) is 1.54. The minimum atomic E-state index is -0.244. The Kier molecular flexibility index (Phi) is 5.54. The second kappa shape index (κ2) is 7.85. The zero-order valence-corrected chi connectivity index (χ0v) is 15.9. The van der Waals surface area contributed by atoms with Crippen LogP contribution in [0.1, 0.15) is 12.7 Å². The van der Waals surface area contributed by atoms with Crippen LogP contribution >= 0.6 is 23.4 Å². The molecule has 1 aliphatic heterocycles. The zero-order valence-electron chi connectivity index (χ0n) is 14.4. The highest BCUT2D eigenvalue weighted by molar-refractivity contribution is 8.14. The number of nitrogens with zero attached hydrogens (tertiary/aromatic N) is 2. The van der Waals surface area contributed by atoms with Gasteiger partial charge in [0, 0.05) is 11.8 Å². The molecular formula is C19H17ClN2O3S. The maximum Gasteiger partial charge on any atom is 0.283 e. The number of aliphatic imine (C=N–C) groups is 1. The van der Waals surface area contributed by atoms with Crippen LogP contribution in [0.15, 0.2) is 63.9 Å². The van der Waals surface area contributed by atoms with Gasteiger partial charge in [-0.1, -0.05) is 35.5 Å². The maximum absolute atomic E-state index is 12.9. The molecule has 0 saturated heterocycles. The van der Waals surface area contributed by atoms with Crippen LogP contribution in [0.2, 0.25) is 5.02 Å². The van der Waals surface area contributed by atoms with Gasteiger partial charge in [0.05, 0.1) is 24.1 Å². The lowest BCUT2D eigenvalue weighted by Crippen LogP contribution is -2.30. The third-order valence-corrected chi connectivity index (χ3v) is 4.96. The molecule has 0 N–H and O–H groups in total. The van der Waals surface area contributed by atoms with Crippen molar-refractivity contribution in [1.82, 2.24) is 0 Å². The van der Waals surface area contributed by atoms with Gasteiger partial charge in [0.2, 0.25) is 0 Å². The molecule has 26 heavy (non-hydrogen) atoms. The molecule has 2 heterocycles. The van der Waals surface area contributed by atoms with Gasteiger partial charge in [0.25, 0.3) is 5.91 Å². The Balaban J connectivity index is 1.98. The zero-order chi connectivity index (χ0) is 18.7. The summed E-state index contributed by atoms with van der Waals surface area (Å²) in [6, 6.07) is 8.71. The summed E-state index contributed by atoms with van der Waals surface area (Å²) in [5, 5.41) is 0.988. The predicted octanol–water partition coefficient (Wildman–Crippen LogP) is 4.99. The van der Waals surface area contributed by atoms with E-state index in [9.17, 15) is 4.79 Å². The number of halogens is 1. The minimum Gasteiger partial charge on any atom is -0.495 e. The van der Waals surface area contributed by atoms with E-state index in [0.717, 1.165) is 5.57 Å². The number of furan rings is 1. The average Bonchev–Trinajstić information content (AvgIpc) is 3.22. The van der Waals surface area contributed by atoms with Crippen molar-refractivity contribution in [3.8, 4) is 5.75 Å². The summed E-state index contributed by atoms with van der Waals surface area (Å²) in [5.74, 6) is 1.52. The van der Waals surface area contributed by atoms with E-state index in [4.69, 9.17) is 20.8 Å². The van der Waals surface area contributed by atoms with Crippen LogP contribution in [0.3, 0.4) is 0 Å². The van der Waals surface area contributed by atoms with Gasteiger partial charge >= 0.3 is 0 Å². The fraction of sp³-hybridized carbons (Fsp3) is 0.158. The molecule has 0 aliphatic carbocycles. The van der Waals surface area contributed by atoms with Gasteiger partial charge in [0.15, 0.2) is 5.17 Å². The van der Waals surface area contributed by atoms with E-state index in [1.807, 2.05) is 6.92 Å². The lowest BCUT2D eigenvalue weighted by atomic mass is 10.2. The van der Waals surface area contributed by atoms with Crippen LogP contribution in [0.4, 0.5) is 5.69 Å². The number of methoxy groups -OCH3 is 1. The second-order valence-corrected chi connectivity index (χ2v) is 6.99. The maximum atomic E-state index is 12.9. The van der Waals surface area contributed by atoms with Crippen LogP contribution in [-0.2, 0) is 4.79 Å². The van der Waals surface area contributed by atoms with Crippen molar-refractivity contribution in [2.24, 2.45) is 4.99 Å². The minimum absolute atomic E-state index is 0.244. The smallest absolute Gasteiger partial charge is 0.283 e. The first-order valence-electron chi connectivity index (χ1n) is 7.78. The number of benzene rings is 1.